The zero-order valence-corrected chi connectivity index (χ0v) is 16.0. The Morgan fingerprint density at radius 2 is 2.07 bits per heavy atom. The van der Waals surface area contributed by atoms with Gasteiger partial charge in [0.25, 0.3) is 11.8 Å². The van der Waals surface area contributed by atoms with Crippen LogP contribution >= 0.6 is 0 Å². The van der Waals surface area contributed by atoms with Crippen molar-refractivity contribution >= 4 is 11.8 Å². The van der Waals surface area contributed by atoms with E-state index in [1.165, 1.54) is 18.5 Å². The highest BCUT2D eigenvalue weighted by Crippen LogP contribution is 2.20. The molecule has 0 spiro atoms. The standard InChI is InChI=1S/C20H24N4O4/c1-13(2)27-18-6-5-14(11-23-18)20(26)24-9-3-4-16(12-24)28-15-7-8-22-17(10-15)19(21)25/h5-8,10-11,13,16H,3-4,9,12H2,1-2H3,(H2,21,25). The summed E-state index contributed by atoms with van der Waals surface area (Å²) < 4.78 is 11.5. The van der Waals surface area contributed by atoms with Gasteiger partial charge in [-0.2, -0.15) is 0 Å². The van der Waals surface area contributed by atoms with Crippen molar-refractivity contribution in [1.82, 2.24) is 14.9 Å². The Balaban J connectivity index is 1.63. The summed E-state index contributed by atoms with van der Waals surface area (Å²) in [6.07, 6.45) is 4.51. The molecule has 0 radical (unpaired) electrons. The van der Waals surface area contributed by atoms with E-state index in [1.807, 2.05) is 13.8 Å². The number of amides is 2. The predicted octanol–water partition coefficient (Wildman–Crippen LogP) is 2.05. The minimum absolute atomic E-state index is 0.0253. The summed E-state index contributed by atoms with van der Waals surface area (Å²) in [6, 6.07) is 6.61. The van der Waals surface area contributed by atoms with Crippen molar-refractivity contribution in [3.8, 4) is 11.6 Å². The zero-order chi connectivity index (χ0) is 20.1. The van der Waals surface area contributed by atoms with Crippen LogP contribution in [0.2, 0.25) is 0 Å². The van der Waals surface area contributed by atoms with E-state index in [0.29, 0.717) is 30.3 Å². The quantitative estimate of drug-likeness (QED) is 0.817. The van der Waals surface area contributed by atoms with Gasteiger partial charge in [-0.1, -0.05) is 0 Å². The van der Waals surface area contributed by atoms with Crippen LogP contribution < -0.4 is 15.2 Å². The first kappa shape index (κ1) is 19.6. The Kier molecular flexibility index (Phi) is 6.08. The lowest BCUT2D eigenvalue weighted by Gasteiger charge is -2.33. The Labute approximate surface area is 163 Å². The van der Waals surface area contributed by atoms with Crippen LogP contribution in [0.3, 0.4) is 0 Å². The third-order valence-corrected chi connectivity index (χ3v) is 4.29. The molecule has 8 heteroatoms. The first-order chi connectivity index (χ1) is 13.4. The number of piperidine rings is 1. The Morgan fingerprint density at radius 1 is 1.25 bits per heavy atom. The van der Waals surface area contributed by atoms with E-state index < -0.39 is 5.91 Å². The number of hydrogen-bond donors (Lipinski definition) is 1. The minimum atomic E-state index is -0.608. The molecule has 0 aliphatic carbocycles. The molecule has 0 saturated carbocycles. The summed E-state index contributed by atoms with van der Waals surface area (Å²) >= 11 is 0. The lowest BCUT2D eigenvalue weighted by atomic mass is 10.1. The van der Waals surface area contributed by atoms with Crippen molar-refractivity contribution in [3.05, 3.63) is 47.9 Å². The molecule has 2 aromatic rings. The van der Waals surface area contributed by atoms with E-state index >= 15 is 0 Å². The summed E-state index contributed by atoms with van der Waals surface area (Å²) in [5.41, 5.74) is 5.91. The van der Waals surface area contributed by atoms with Gasteiger partial charge >= 0.3 is 0 Å². The second kappa shape index (κ2) is 8.69. The van der Waals surface area contributed by atoms with Crippen molar-refractivity contribution in [2.75, 3.05) is 13.1 Å². The first-order valence-corrected chi connectivity index (χ1v) is 9.27. The topological polar surface area (TPSA) is 108 Å². The minimum Gasteiger partial charge on any atom is -0.488 e. The summed E-state index contributed by atoms with van der Waals surface area (Å²) in [5, 5.41) is 0. The number of aromatic nitrogens is 2. The summed E-state index contributed by atoms with van der Waals surface area (Å²) in [6.45, 7) is 4.96. The molecule has 1 aliphatic rings. The summed E-state index contributed by atoms with van der Waals surface area (Å²) in [4.78, 5) is 33.9. The number of nitrogens with two attached hydrogens (primary N) is 1. The third-order valence-electron chi connectivity index (χ3n) is 4.29. The van der Waals surface area contributed by atoms with Crippen molar-refractivity contribution in [1.29, 1.82) is 0 Å². The monoisotopic (exact) mass is 384 g/mol. The molecule has 1 saturated heterocycles. The molecule has 28 heavy (non-hydrogen) atoms. The van der Waals surface area contributed by atoms with E-state index in [-0.39, 0.29) is 23.8 Å². The molecule has 1 aliphatic heterocycles. The van der Waals surface area contributed by atoms with Crippen LogP contribution in [0, 0.1) is 0 Å². The highest BCUT2D eigenvalue weighted by molar-refractivity contribution is 5.94. The fraction of sp³-hybridized carbons (Fsp3) is 0.400. The Bertz CT molecular complexity index is 838. The van der Waals surface area contributed by atoms with Gasteiger partial charge in [0.2, 0.25) is 5.88 Å². The number of likely N-dealkylation sites (tertiary alicyclic amines) is 1. The highest BCUT2D eigenvalue weighted by Gasteiger charge is 2.26. The number of ether oxygens (including phenoxy) is 2. The van der Waals surface area contributed by atoms with Crippen LogP contribution in [0.25, 0.3) is 0 Å². The molecule has 2 N–H and O–H groups in total. The van der Waals surface area contributed by atoms with Crippen molar-refractivity contribution in [2.24, 2.45) is 5.73 Å². The van der Waals surface area contributed by atoms with Crippen molar-refractivity contribution in [3.63, 3.8) is 0 Å². The Hall–Kier alpha value is -3.16. The van der Waals surface area contributed by atoms with Crippen LogP contribution in [0.4, 0.5) is 0 Å². The number of hydrogen-bond acceptors (Lipinski definition) is 6. The molecule has 2 amide bonds. The van der Waals surface area contributed by atoms with Gasteiger partial charge in [0, 0.05) is 31.1 Å². The van der Waals surface area contributed by atoms with E-state index in [1.54, 1.807) is 23.1 Å². The molecule has 3 heterocycles. The number of rotatable bonds is 6. The number of pyridine rings is 2. The number of carbonyl (C=O) groups is 2. The van der Waals surface area contributed by atoms with Gasteiger partial charge in [-0.25, -0.2) is 4.98 Å². The average Bonchev–Trinajstić information content (AvgIpc) is 2.68. The smallest absolute Gasteiger partial charge is 0.267 e. The molecule has 1 atom stereocenters. The highest BCUT2D eigenvalue weighted by atomic mass is 16.5. The van der Waals surface area contributed by atoms with Gasteiger partial charge in [-0.05, 0) is 38.8 Å². The molecule has 1 fully saturated rings. The van der Waals surface area contributed by atoms with Gasteiger partial charge < -0.3 is 20.1 Å². The molecule has 3 rings (SSSR count). The van der Waals surface area contributed by atoms with Crippen LogP contribution in [-0.2, 0) is 0 Å². The molecule has 2 aromatic heterocycles. The average molecular weight is 384 g/mol. The maximum Gasteiger partial charge on any atom is 0.267 e. The predicted molar refractivity (Wildman–Crippen MR) is 102 cm³/mol. The van der Waals surface area contributed by atoms with Gasteiger partial charge in [-0.3, -0.25) is 14.6 Å². The van der Waals surface area contributed by atoms with Gasteiger partial charge in [0.05, 0.1) is 18.2 Å². The lowest BCUT2D eigenvalue weighted by molar-refractivity contribution is 0.0537. The van der Waals surface area contributed by atoms with E-state index in [4.69, 9.17) is 15.2 Å². The van der Waals surface area contributed by atoms with Crippen molar-refractivity contribution in [2.45, 2.75) is 38.9 Å². The SMILES string of the molecule is CC(C)Oc1ccc(C(=O)N2CCCC(Oc3ccnc(C(N)=O)c3)C2)cn1. The lowest BCUT2D eigenvalue weighted by Crippen LogP contribution is -2.44. The Morgan fingerprint density at radius 3 is 2.75 bits per heavy atom. The molecule has 148 valence electrons. The number of primary amides is 1. The molecular formula is C20H24N4O4. The fourth-order valence-corrected chi connectivity index (χ4v) is 3.03. The largest absolute Gasteiger partial charge is 0.488 e. The van der Waals surface area contributed by atoms with Crippen LogP contribution in [-0.4, -0.2) is 52.0 Å². The van der Waals surface area contributed by atoms with Gasteiger partial charge in [0.15, 0.2) is 0 Å². The molecular weight excluding hydrogens is 360 g/mol. The fourth-order valence-electron chi connectivity index (χ4n) is 3.03. The number of carbonyl (C=O) groups excluding carboxylic acids is 2. The first-order valence-electron chi connectivity index (χ1n) is 9.27. The zero-order valence-electron chi connectivity index (χ0n) is 16.0. The van der Waals surface area contributed by atoms with E-state index in [0.717, 1.165) is 12.8 Å². The number of nitrogens with zero attached hydrogens (tertiary/aromatic N) is 3. The van der Waals surface area contributed by atoms with Gasteiger partial charge in [-0.15, -0.1) is 0 Å². The molecule has 0 aromatic carbocycles. The van der Waals surface area contributed by atoms with Crippen molar-refractivity contribution < 1.29 is 19.1 Å². The second-order valence-electron chi connectivity index (χ2n) is 6.93. The van der Waals surface area contributed by atoms with Crippen LogP contribution in [0.15, 0.2) is 36.7 Å². The normalized spacial score (nSPS) is 16.7. The van der Waals surface area contributed by atoms with Crippen LogP contribution in [0.1, 0.15) is 47.5 Å². The maximum atomic E-state index is 12.8. The second-order valence-corrected chi connectivity index (χ2v) is 6.93. The molecule has 8 nitrogen and oxygen atoms in total. The maximum absolute atomic E-state index is 12.8. The third kappa shape index (κ3) is 4.97. The van der Waals surface area contributed by atoms with E-state index in [2.05, 4.69) is 9.97 Å². The van der Waals surface area contributed by atoms with Crippen LogP contribution in [0.5, 0.6) is 11.6 Å². The van der Waals surface area contributed by atoms with Gasteiger partial charge in [0.1, 0.15) is 17.5 Å². The summed E-state index contributed by atoms with van der Waals surface area (Å²) in [5.74, 6) is 0.307. The molecule has 1 unspecified atom stereocenters. The molecule has 0 bridgehead atoms. The van der Waals surface area contributed by atoms with E-state index in [9.17, 15) is 9.59 Å². The summed E-state index contributed by atoms with van der Waals surface area (Å²) in [7, 11) is 0.